The Balaban J connectivity index is 1.93. The van der Waals surface area contributed by atoms with Gasteiger partial charge in [0.05, 0.1) is 19.1 Å². The Morgan fingerprint density at radius 3 is 2.33 bits per heavy atom. The Morgan fingerprint density at radius 1 is 1.10 bits per heavy atom. The summed E-state index contributed by atoms with van der Waals surface area (Å²) in [6.07, 6.45) is -1.14. The second-order valence-electron chi connectivity index (χ2n) is 7.98. The highest BCUT2D eigenvalue weighted by Crippen LogP contribution is 2.37. The average molecular weight is 471 g/mol. The van der Waals surface area contributed by atoms with Crippen molar-refractivity contribution in [2.24, 2.45) is 0 Å². The van der Waals surface area contributed by atoms with Gasteiger partial charge in [-0.25, -0.2) is 0 Å². The average Bonchev–Trinajstić information content (AvgIpc) is 2.63. The third-order valence-corrected chi connectivity index (χ3v) is 5.29. The van der Waals surface area contributed by atoms with E-state index in [1.54, 1.807) is 68.1 Å². The first-order chi connectivity index (χ1) is 14.0. The highest BCUT2D eigenvalue weighted by atomic mass is 35.5. The SMILES string of the molecule is CC(C)(C)OC(=O)CC1OCC(c2ccc(Cl)cc2Cl)N(c2ccc(Cl)cc2)C1=O. The molecule has 1 saturated heterocycles. The number of ether oxygens (including phenoxy) is 2. The molecule has 2 aromatic rings. The van der Waals surface area contributed by atoms with Crippen molar-refractivity contribution in [1.82, 2.24) is 0 Å². The highest BCUT2D eigenvalue weighted by molar-refractivity contribution is 6.35. The molecular weight excluding hydrogens is 449 g/mol. The van der Waals surface area contributed by atoms with Crippen LogP contribution in [0.3, 0.4) is 0 Å². The topological polar surface area (TPSA) is 55.8 Å². The van der Waals surface area contributed by atoms with Crippen molar-refractivity contribution in [3.63, 3.8) is 0 Å². The van der Waals surface area contributed by atoms with Crippen LogP contribution in [0.5, 0.6) is 0 Å². The van der Waals surface area contributed by atoms with Gasteiger partial charge in [-0.3, -0.25) is 9.59 Å². The van der Waals surface area contributed by atoms with Crippen molar-refractivity contribution in [2.45, 2.75) is 44.9 Å². The smallest absolute Gasteiger partial charge is 0.309 e. The first kappa shape index (κ1) is 22.9. The van der Waals surface area contributed by atoms with E-state index in [1.165, 1.54) is 0 Å². The number of morpholine rings is 1. The summed E-state index contributed by atoms with van der Waals surface area (Å²) in [5.41, 5.74) is 0.669. The maximum absolute atomic E-state index is 13.4. The molecule has 1 heterocycles. The molecule has 2 unspecified atom stereocenters. The molecule has 2 aromatic carbocycles. The van der Waals surface area contributed by atoms with Crippen LogP contribution in [0.15, 0.2) is 42.5 Å². The summed E-state index contributed by atoms with van der Waals surface area (Å²) < 4.78 is 11.1. The van der Waals surface area contributed by atoms with Crippen LogP contribution in [0, 0.1) is 0 Å². The molecule has 3 rings (SSSR count). The van der Waals surface area contributed by atoms with E-state index < -0.39 is 23.7 Å². The van der Waals surface area contributed by atoms with Gasteiger partial charge >= 0.3 is 5.97 Å². The molecule has 1 aliphatic heterocycles. The molecule has 0 saturated carbocycles. The Morgan fingerprint density at radius 2 is 1.73 bits per heavy atom. The minimum atomic E-state index is -0.960. The Labute approximate surface area is 190 Å². The lowest BCUT2D eigenvalue weighted by molar-refractivity contribution is -0.162. The van der Waals surface area contributed by atoms with Gasteiger partial charge in [-0.1, -0.05) is 40.9 Å². The summed E-state index contributed by atoms with van der Waals surface area (Å²) in [6.45, 7) is 5.47. The number of nitrogens with zero attached hydrogens (tertiary/aromatic N) is 1. The van der Waals surface area contributed by atoms with E-state index in [0.29, 0.717) is 26.3 Å². The van der Waals surface area contributed by atoms with Gasteiger partial charge < -0.3 is 14.4 Å². The Kier molecular flexibility index (Phi) is 6.98. The zero-order chi connectivity index (χ0) is 22.1. The van der Waals surface area contributed by atoms with Crippen LogP contribution in [0.1, 0.15) is 38.8 Å². The maximum Gasteiger partial charge on any atom is 0.309 e. The fourth-order valence-corrected chi connectivity index (χ4v) is 3.91. The number of amides is 1. The van der Waals surface area contributed by atoms with Crippen LogP contribution < -0.4 is 4.90 Å². The third kappa shape index (κ3) is 5.46. The van der Waals surface area contributed by atoms with Gasteiger partial charge in [0.15, 0.2) is 0 Å². The number of hydrogen-bond donors (Lipinski definition) is 0. The molecule has 2 atom stereocenters. The van der Waals surface area contributed by atoms with E-state index in [-0.39, 0.29) is 18.9 Å². The number of carbonyl (C=O) groups excluding carboxylic acids is 2. The third-order valence-electron chi connectivity index (χ3n) is 4.48. The molecule has 0 spiro atoms. The summed E-state index contributed by atoms with van der Waals surface area (Å²) in [7, 11) is 0. The number of rotatable bonds is 4. The number of hydrogen-bond acceptors (Lipinski definition) is 4. The highest BCUT2D eigenvalue weighted by Gasteiger charge is 2.40. The van der Waals surface area contributed by atoms with Crippen molar-refractivity contribution in [1.29, 1.82) is 0 Å². The zero-order valence-electron chi connectivity index (χ0n) is 16.8. The van der Waals surface area contributed by atoms with Crippen molar-refractivity contribution in [3.8, 4) is 0 Å². The lowest BCUT2D eigenvalue weighted by Gasteiger charge is -2.39. The second kappa shape index (κ2) is 9.15. The van der Waals surface area contributed by atoms with Gasteiger partial charge in [-0.15, -0.1) is 0 Å². The minimum Gasteiger partial charge on any atom is -0.460 e. The van der Waals surface area contributed by atoms with Gasteiger partial charge in [-0.2, -0.15) is 0 Å². The van der Waals surface area contributed by atoms with Crippen molar-refractivity contribution in [2.75, 3.05) is 11.5 Å². The van der Waals surface area contributed by atoms with Crippen molar-refractivity contribution >= 4 is 52.4 Å². The zero-order valence-corrected chi connectivity index (χ0v) is 19.1. The molecule has 0 bridgehead atoms. The largest absolute Gasteiger partial charge is 0.460 e. The summed E-state index contributed by atoms with van der Waals surface area (Å²) in [5, 5.41) is 1.46. The first-order valence-corrected chi connectivity index (χ1v) is 10.6. The minimum absolute atomic E-state index is 0.156. The molecule has 0 aliphatic carbocycles. The molecule has 1 aliphatic rings. The molecule has 5 nitrogen and oxygen atoms in total. The van der Waals surface area contributed by atoms with Gasteiger partial charge in [0.2, 0.25) is 0 Å². The molecular formula is C22H22Cl3NO4. The van der Waals surface area contributed by atoms with Crippen molar-refractivity contribution < 1.29 is 19.1 Å². The molecule has 1 fully saturated rings. The standard InChI is InChI=1S/C22H22Cl3NO4/c1-22(2,3)30-20(27)11-19-21(28)26(15-7-4-13(23)5-8-15)18(12-29-19)16-9-6-14(24)10-17(16)25/h4-10,18-19H,11-12H2,1-3H3. The lowest BCUT2D eigenvalue weighted by Crippen LogP contribution is -2.50. The summed E-state index contributed by atoms with van der Waals surface area (Å²) in [4.78, 5) is 27.2. The number of halogens is 3. The van der Waals surface area contributed by atoms with Crippen LogP contribution in [-0.2, 0) is 19.1 Å². The van der Waals surface area contributed by atoms with Gasteiger partial charge in [0.25, 0.3) is 5.91 Å². The second-order valence-corrected chi connectivity index (χ2v) is 9.26. The number of benzene rings is 2. The van der Waals surface area contributed by atoms with Crippen LogP contribution in [-0.4, -0.2) is 30.2 Å². The fourth-order valence-electron chi connectivity index (χ4n) is 3.25. The van der Waals surface area contributed by atoms with Gasteiger partial charge in [-0.05, 0) is 62.7 Å². The number of carbonyl (C=O) groups is 2. The quantitative estimate of drug-likeness (QED) is 0.526. The van der Waals surface area contributed by atoms with E-state index in [4.69, 9.17) is 44.3 Å². The molecule has 0 radical (unpaired) electrons. The number of anilines is 1. The lowest BCUT2D eigenvalue weighted by atomic mass is 10.0. The maximum atomic E-state index is 13.4. The molecule has 30 heavy (non-hydrogen) atoms. The summed E-state index contributed by atoms with van der Waals surface area (Å²) >= 11 is 18.5. The van der Waals surface area contributed by atoms with E-state index in [2.05, 4.69) is 0 Å². The van der Waals surface area contributed by atoms with Crippen LogP contribution in [0.2, 0.25) is 15.1 Å². The van der Waals surface area contributed by atoms with Crippen LogP contribution in [0.4, 0.5) is 5.69 Å². The van der Waals surface area contributed by atoms with Crippen molar-refractivity contribution in [3.05, 3.63) is 63.1 Å². The molecule has 0 aromatic heterocycles. The summed E-state index contributed by atoms with van der Waals surface area (Å²) in [5.74, 6) is -0.856. The fraction of sp³-hybridized carbons (Fsp3) is 0.364. The number of esters is 1. The van der Waals surface area contributed by atoms with E-state index in [1.807, 2.05) is 0 Å². The first-order valence-electron chi connectivity index (χ1n) is 9.42. The van der Waals surface area contributed by atoms with Gasteiger partial charge in [0, 0.05) is 20.8 Å². The molecule has 1 amide bonds. The van der Waals surface area contributed by atoms with Crippen LogP contribution >= 0.6 is 34.8 Å². The van der Waals surface area contributed by atoms with E-state index in [9.17, 15) is 9.59 Å². The van der Waals surface area contributed by atoms with E-state index >= 15 is 0 Å². The molecule has 8 heteroatoms. The predicted molar refractivity (Wildman–Crippen MR) is 118 cm³/mol. The molecule has 0 N–H and O–H groups in total. The van der Waals surface area contributed by atoms with Gasteiger partial charge in [0.1, 0.15) is 11.7 Å². The van der Waals surface area contributed by atoms with E-state index in [0.717, 1.165) is 0 Å². The van der Waals surface area contributed by atoms with Crippen LogP contribution in [0.25, 0.3) is 0 Å². The molecule has 160 valence electrons. The normalized spacial score (nSPS) is 19.7. The monoisotopic (exact) mass is 469 g/mol. The Bertz CT molecular complexity index is 940. The predicted octanol–water partition coefficient (Wildman–Crippen LogP) is 5.85. The summed E-state index contributed by atoms with van der Waals surface area (Å²) in [6, 6.07) is 11.5. The Hall–Kier alpha value is -1.79.